The van der Waals surface area contributed by atoms with Crippen LogP contribution in [0.3, 0.4) is 0 Å². The topological polar surface area (TPSA) is 120 Å². The van der Waals surface area contributed by atoms with E-state index in [9.17, 15) is 19.7 Å². The number of hydrogen-bond donors (Lipinski definition) is 1. The number of nitrogens with one attached hydrogen (secondary N) is 1. The molecule has 0 aliphatic carbocycles. The van der Waals surface area contributed by atoms with E-state index in [-0.39, 0.29) is 11.2 Å². The lowest BCUT2D eigenvalue weighted by atomic mass is 10.1. The SMILES string of the molecule is Cc1cc(C(=O)Nc2ccc(-n3c(C)nc4ncccc4c3=O)cc2)ccc1[N+](=O)[O-]. The number of nitrogens with zero attached hydrogens (tertiary/aromatic N) is 4. The maximum atomic E-state index is 12.9. The van der Waals surface area contributed by atoms with E-state index >= 15 is 0 Å². The Hall–Kier alpha value is -4.40. The number of carbonyl (C=O) groups is 1. The summed E-state index contributed by atoms with van der Waals surface area (Å²) in [7, 11) is 0. The molecule has 0 aliphatic rings. The summed E-state index contributed by atoms with van der Waals surface area (Å²) in [5.74, 6) is 0.104. The maximum Gasteiger partial charge on any atom is 0.272 e. The molecule has 0 bridgehead atoms. The Morgan fingerprint density at radius 1 is 1.10 bits per heavy atom. The van der Waals surface area contributed by atoms with Gasteiger partial charge < -0.3 is 5.32 Å². The molecule has 2 aromatic carbocycles. The zero-order valence-corrected chi connectivity index (χ0v) is 16.7. The van der Waals surface area contributed by atoms with Gasteiger partial charge in [0.05, 0.1) is 16.0 Å². The van der Waals surface area contributed by atoms with Crippen molar-refractivity contribution in [1.82, 2.24) is 14.5 Å². The van der Waals surface area contributed by atoms with E-state index in [1.165, 1.54) is 22.8 Å². The Bertz CT molecular complexity index is 1390. The normalized spacial score (nSPS) is 10.8. The van der Waals surface area contributed by atoms with E-state index in [1.807, 2.05) is 0 Å². The minimum atomic E-state index is -0.489. The van der Waals surface area contributed by atoms with Gasteiger partial charge in [-0.1, -0.05) is 0 Å². The second kappa shape index (κ2) is 7.79. The van der Waals surface area contributed by atoms with Crippen molar-refractivity contribution in [2.45, 2.75) is 13.8 Å². The van der Waals surface area contributed by atoms with Gasteiger partial charge in [0.25, 0.3) is 17.2 Å². The standard InChI is InChI=1S/C22H17N5O4/c1-13-12-15(5-10-19(13)27(30)31)21(28)25-16-6-8-17(9-7-16)26-14(2)24-20-18(22(26)29)4-3-11-23-20/h3-12H,1-2H3,(H,25,28). The molecular formula is C22H17N5O4. The predicted octanol–water partition coefficient (Wildman–Crippen LogP) is 3.56. The molecule has 0 saturated heterocycles. The molecule has 31 heavy (non-hydrogen) atoms. The van der Waals surface area contributed by atoms with Crippen LogP contribution in [0.4, 0.5) is 11.4 Å². The van der Waals surface area contributed by atoms with E-state index in [0.717, 1.165) is 0 Å². The number of hydrogen-bond acceptors (Lipinski definition) is 6. The summed E-state index contributed by atoms with van der Waals surface area (Å²) < 4.78 is 1.48. The lowest BCUT2D eigenvalue weighted by Crippen LogP contribution is -2.22. The first-order valence-electron chi connectivity index (χ1n) is 9.36. The van der Waals surface area contributed by atoms with Crippen molar-refractivity contribution in [3.8, 4) is 5.69 Å². The van der Waals surface area contributed by atoms with Crippen molar-refractivity contribution in [3.05, 3.63) is 98.2 Å². The van der Waals surface area contributed by atoms with Crippen LogP contribution >= 0.6 is 0 Å². The molecule has 0 aliphatic heterocycles. The number of nitro benzene ring substituents is 1. The van der Waals surface area contributed by atoms with Crippen LogP contribution in [0.1, 0.15) is 21.7 Å². The molecule has 0 fully saturated rings. The molecule has 2 heterocycles. The van der Waals surface area contributed by atoms with Crippen molar-refractivity contribution >= 4 is 28.3 Å². The zero-order valence-electron chi connectivity index (χ0n) is 16.7. The highest BCUT2D eigenvalue weighted by atomic mass is 16.6. The number of carbonyl (C=O) groups excluding carboxylic acids is 1. The summed E-state index contributed by atoms with van der Waals surface area (Å²) in [6.45, 7) is 3.30. The monoisotopic (exact) mass is 415 g/mol. The van der Waals surface area contributed by atoms with Crippen LogP contribution in [0.5, 0.6) is 0 Å². The number of aromatic nitrogens is 3. The van der Waals surface area contributed by atoms with Crippen LogP contribution < -0.4 is 10.9 Å². The highest BCUT2D eigenvalue weighted by Gasteiger charge is 2.14. The van der Waals surface area contributed by atoms with Gasteiger partial charge in [-0.25, -0.2) is 9.97 Å². The molecule has 2 aromatic heterocycles. The van der Waals surface area contributed by atoms with E-state index in [2.05, 4.69) is 15.3 Å². The number of aryl methyl sites for hydroxylation is 2. The average Bonchev–Trinajstić information content (AvgIpc) is 2.74. The van der Waals surface area contributed by atoms with Crippen molar-refractivity contribution < 1.29 is 9.72 Å². The van der Waals surface area contributed by atoms with Gasteiger partial charge in [-0.2, -0.15) is 0 Å². The van der Waals surface area contributed by atoms with Gasteiger partial charge in [0.15, 0.2) is 5.65 Å². The van der Waals surface area contributed by atoms with E-state index < -0.39 is 10.8 Å². The molecule has 154 valence electrons. The number of fused-ring (bicyclic) bond motifs is 1. The smallest absolute Gasteiger partial charge is 0.272 e. The van der Waals surface area contributed by atoms with Gasteiger partial charge >= 0.3 is 0 Å². The minimum Gasteiger partial charge on any atom is -0.322 e. The predicted molar refractivity (Wildman–Crippen MR) is 116 cm³/mol. The van der Waals surface area contributed by atoms with Crippen LogP contribution in [0.25, 0.3) is 16.7 Å². The Labute approximate surface area is 176 Å². The largest absolute Gasteiger partial charge is 0.322 e. The molecule has 0 radical (unpaired) electrons. The molecule has 1 N–H and O–H groups in total. The van der Waals surface area contributed by atoms with Gasteiger partial charge in [-0.3, -0.25) is 24.3 Å². The van der Waals surface area contributed by atoms with Gasteiger partial charge in [-0.05, 0) is 62.4 Å². The number of amides is 1. The zero-order chi connectivity index (χ0) is 22.1. The molecule has 0 spiro atoms. The Morgan fingerprint density at radius 3 is 2.52 bits per heavy atom. The summed E-state index contributed by atoms with van der Waals surface area (Å²) in [5.41, 5.74) is 1.96. The van der Waals surface area contributed by atoms with Crippen LogP contribution in [0.15, 0.2) is 65.6 Å². The number of rotatable bonds is 4. The van der Waals surface area contributed by atoms with Crippen molar-refractivity contribution in [1.29, 1.82) is 0 Å². The van der Waals surface area contributed by atoms with Gasteiger partial charge in [0, 0.05) is 29.1 Å². The Morgan fingerprint density at radius 2 is 1.84 bits per heavy atom. The van der Waals surface area contributed by atoms with Crippen molar-refractivity contribution in [3.63, 3.8) is 0 Å². The van der Waals surface area contributed by atoms with E-state index in [4.69, 9.17) is 0 Å². The second-order valence-electron chi connectivity index (χ2n) is 6.93. The summed E-state index contributed by atoms with van der Waals surface area (Å²) in [6.07, 6.45) is 1.59. The molecule has 4 aromatic rings. The Balaban J connectivity index is 1.60. The molecule has 4 rings (SSSR count). The van der Waals surface area contributed by atoms with Crippen molar-refractivity contribution in [2.24, 2.45) is 0 Å². The highest BCUT2D eigenvalue weighted by molar-refractivity contribution is 6.04. The number of benzene rings is 2. The molecule has 9 heteroatoms. The quantitative estimate of drug-likeness (QED) is 0.402. The third-order valence-electron chi connectivity index (χ3n) is 4.85. The minimum absolute atomic E-state index is 0.0408. The van der Waals surface area contributed by atoms with Gasteiger partial charge in [-0.15, -0.1) is 0 Å². The molecular weight excluding hydrogens is 398 g/mol. The first-order chi connectivity index (χ1) is 14.8. The summed E-state index contributed by atoms with van der Waals surface area (Å²) in [6, 6.07) is 14.3. The van der Waals surface area contributed by atoms with Crippen LogP contribution in [-0.2, 0) is 0 Å². The molecule has 1 amide bonds. The molecule has 9 nitrogen and oxygen atoms in total. The fourth-order valence-electron chi connectivity index (χ4n) is 3.33. The maximum absolute atomic E-state index is 12.9. The number of pyridine rings is 1. The van der Waals surface area contributed by atoms with Crippen LogP contribution in [0.2, 0.25) is 0 Å². The van der Waals surface area contributed by atoms with Crippen molar-refractivity contribution in [2.75, 3.05) is 5.32 Å². The summed E-state index contributed by atoms with van der Waals surface area (Å²) in [4.78, 5) is 44.3. The average molecular weight is 415 g/mol. The lowest BCUT2D eigenvalue weighted by molar-refractivity contribution is -0.385. The fourth-order valence-corrected chi connectivity index (χ4v) is 3.33. The van der Waals surface area contributed by atoms with E-state index in [1.54, 1.807) is 56.4 Å². The third kappa shape index (κ3) is 3.76. The molecule has 0 atom stereocenters. The highest BCUT2D eigenvalue weighted by Crippen LogP contribution is 2.20. The summed E-state index contributed by atoms with van der Waals surface area (Å²) >= 11 is 0. The Kier molecular flexibility index (Phi) is 5.00. The first-order valence-corrected chi connectivity index (χ1v) is 9.36. The van der Waals surface area contributed by atoms with Crippen LogP contribution in [-0.4, -0.2) is 25.4 Å². The second-order valence-corrected chi connectivity index (χ2v) is 6.93. The lowest BCUT2D eigenvalue weighted by Gasteiger charge is -2.12. The van der Waals surface area contributed by atoms with Gasteiger partial charge in [0.2, 0.25) is 0 Å². The molecule has 0 saturated carbocycles. The number of nitro groups is 1. The van der Waals surface area contributed by atoms with Gasteiger partial charge in [0.1, 0.15) is 5.82 Å². The van der Waals surface area contributed by atoms with Crippen LogP contribution in [0, 0.1) is 24.0 Å². The summed E-state index contributed by atoms with van der Waals surface area (Å²) in [5, 5.41) is 14.1. The molecule has 0 unspecified atom stereocenters. The first kappa shape index (κ1) is 19.9. The third-order valence-corrected chi connectivity index (χ3v) is 4.85. The number of anilines is 1. The fraction of sp³-hybridized carbons (Fsp3) is 0.0909. The van der Waals surface area contributed by atoms with E-state index in [0.29, 0.717) is 39.4 Å².